The number of phenols is 1. The second kappa shape index (κ2) is 9.59. The van der Waals surface area contributed by atoms with Gasteiger partial charge in [0.2, 0.25) is 0 Å². The highest BCUT2D eigenvalue weighted by Gasteiger charge is 2.38. The molecule has 1 aliphatic heterocycles. The zero-order valence-electron chi connectivity index (χ0n) is 17.0. The minimum atomic E-state index is -5.08. The van der Waals surface area contributed by atoms with Crippen molar-refractivity contribution in [3.8, 4) is 5.75 Å². The molecule has 1 saturated heterocycles. The van der Waals surface area contributed by atoms with Gasteiger partial charge in [0.1, 0.15) is 5.75 Å². The van der Waals surface area contributed by atoms with Crippen molar-refractivity contribution in [1.82, 2.24) is 14.9 Å². The molecule has 0 radical (unpaired) electrons. The summed E-state index contributed by atoms with van der Waals surface area (Å²) >= 11 is 0. The first-order valence-electron chi connectivity index (χ1n) is 9.69. The van der Waals surface area contributed by atoms with Gasteiger partial charge in [-0.3, -0.25) is 9.59 Å². The first-order chi connectivity index (χ1) is 15.6. The van der Waals surface area contributed by atoms with Gasteiger partial charge in [0.05, 0.1) is 16.6 Å². The van der Waals surface area contributed by atoms with Crippen molar-refractivity contribution in [2.75, 3.05) is 31.1 Å². The summed E-state index contributed by atoms with van der Waals surface area (Å²) in [7, 11) is 0. The lowest BCUT2D eigenvalue weighted by Crippen LogP contribution is -2.49. The van der Waals surface area contributed by atoms with E-state index in [-0.39, 0.29) is 23.0 Å². The number of hydrogen-bond acceptors (Lipinski definition) is 6. The summed E-state index contributed by atoms with van der Waals surface area (Å²) in [6, 6.07) is 14.1. The number of anilines is 1. The fraction of sp³-hybridized carbons (Fsp3) is 0.238. The topological polar surface area (TPSA) is 127 Å². The van der Waals surface area contributed by atoms with Crippen LogP contribution < -0.4 is 10.5 Å². The minimum Gasteiger partial charge on any atom is -0.506 e. The van der Waals surface area contributed by atoms with Crippen LogP contribution in [0.25, 0.3) is 10.9 Å². The van der Waals surface area contributed by atoms with Crippen molar-refractivity contribution in [3.05, 3.63) is 64.7 Å². The third kappa shape index (κ3) is 5.59. The number of nitrogens with zero attached hydrogens (tertiary/aromatic N) is 3. The van der Waals surface area contributed by atoms with E-state index in [9.17, 15) is 27.9 Å². The number of halogens is 3. The number of aromatic nitrogens is 2. The predicted molar refractivity (Wildman–Crippen MR) is 112 cm³/mol. The molecule has 0 atom stereocenters. The molecule has 3 N–H and O–H groups in total. The highest BCUT2D eigenvalue weighted by Crippen LogP contribution is 2.27. The van der Waals surface area contributed by atoms with E-state index in [1.165, 1.54) is 0 Å². The zero-order valence-corrected chi connectivity index (χ0v) is 17.0. The lowest BCUT2D eigenvalue weighted by atomic mass is 10.2. The molecule has 33 heavy (non-hydrogen) atoms. The molecule has 0 unspecified atom stereocenters. The molecule has 1 fully saturated rings. The fourth-order valence-electron chi connectivity index (χ4n) is 3.22. The van der Waals surface area contributed by atoms with Crippen LogP contribution in [0.4, 0.5) is 18.9 Å². The quantitative estimate of drug-likeness (QED) is 0.531. The smallest absolute Gasteiger partial charge is 0.490 e. The maximum atomic E-state index is 12.7. The average molecular weight is 464 g/mol. The number of nitrogens with one attached hydrogen (secondary N) is 1. The first-order valence-corrected chi connectivity index (χ1v) is 9.69. The van der Waals surface area contributed by atoms with Crippen LogP contribution in [0.1, 0.15) is 10.6 Å². The van der Waals surface area contributed by atoms with E-state index in [0.717, 1.165) is 5.69 Å². The van der Waals surface area contributed by atoms with Gasteiger partial charge in [0, 0.05) is 26.2 Å². The van der Waals surface area contributed by atoms with Crippen molar-refractivity contribution >= 4 is 28.5 Å². The number of carbonyl (C=O) groups excluding carboxylic acids is 1. The van der Waals surface area contributed by atoms with Crippen LogP contribution in [-0.2, 0) is 4.79 Å². The number of rotatable bonds is 2. The Bertz CT molecular complexity index is 1220. The Morgan fingerprint density at radius 2 is 1.55 bits per heavy atom. The lowest BCUT2D eigenvalue weighted by molar-refractivity contribution is -0.192. The highest BCUT2D eigenvalue weighted by atomic mass is 19.4. The molecule has 1 aromatic heterocycles. The molecule has 1 amide bonds. The van der Waals surface area contributed by atoms with E-state index in [1.54, 1.807) is 41.3 Å². The number of hydrogen-bond donors (Lipinski definition) is 3. The van der Waals surface area contributed by atoms with Crippen LogP contribution in [0.15, 0.2) is 53.3 Å². The SMILES string of the molecule is O=C(O)C(F)(F)F.O=C(c1nc2ccccc2c(=O)[nH]1)N1CCN(c2ccccc2O)CC1. The molecule has 174 valence electrons. The van der Waals surface area contributed by atoms with Crippen LogP contribution in [0.5, 0.6) is 5.75 Å². The van der Waals surface area contributed by atoms with Gasteiger partial charge < -0.3 is 25.0 Å². The third-order valence-corrected chi connectivity index (χ3v) is 4.85. The molecule has 1 aliphatic rings. The number of H-pyrrole nitrogens is 1. The van der Waals surface area contributed by atoms with Gasteiger partial charge in [-0.05, 0) is 24.3 Å². The van der Waals surface area contributed by atoms with Crippen LogP contribution in [0, 0.1) is 0 Å². The second-order valence-electron chi connectivity index (χ2n) is 7.00. The minimum absolute atomic E-state index is 0.0599. The molecule has 9 nitrogen and oxygen atoms in total. The number of benzene rings is 2. The molecule has 0 spiro atoms. The van der Waals surface area contributed by atoms with Crippen LogP contribution in [-0.4, -0.2) is 69.3 Å². The van der Waals surface area contributed by atoms with Gasteiger partial charge in [-0.1, -0.05) is 24.3 Å². The molecular formula is C21H19F3N4O5. The van der Waals surface area contributed by atoms with E-state index < -0.39 is 12.1 Å². The molecule has 0 aliphatic carbocycles. The van der Waals surface area contributed by atoms with Crippen LogP contribution in [0.2, 0.25) is 0 Å². The number of phenolic OH excluding ortho intramolecular Hbond substituents is 1. The number of aliphatic carboxylic acids is 1. The standard InChI is InChI=1S/C19H18N4O3.C2HF3O2/c24-16-8-4-3-7-15(16)22-9-11-23(12-10-22)19(26)17-20-14-6-2-1-5-13(14)18(25)21-17;3-2(4,5)1(6)7/h1-8,24H,9-12H2,(H,20,21,25);(H,6,7). The van der Waals surface area contributed by atoms with E-state index in [4.69, 9.17) is 9.90 Å². The number of aromatic hydroxyl groups is 1. The van der Waals surface area contributed by atoms with Crippen molar-refractivity contribution < 1.29 is 33.0 Å². The largest absolute Gasteiger partial charge is 0.506 e. The maximum absolute atomic E-state index is 12.7. The number of para-hydroxylation sites is 3. The Morgan fingerprint density at radius 3 is 2.15 bits per heavy atom. The van der Waals surface area contributed by atoms with E-state index >= 15 is 0 Å². The summed E-state index contributed by atoms with van der Waals surface area (Å²) in [5.41, 5.74) is 0.955. The summed E-state index contributed by atoms with van der Waals surface area (Å²) < 4.78 is 31.7. The third-order valence-electron chi connectivity index (χ3n) is 4.85. The molecule has 12 heteroatoms. The number of aromatic amines is 1. The van der Waals surface area contributed by atoms with Gasteiger partial charge in [-0.2, -0.15) is 13.2 Å². The Balaban J connectivity index is 0.000000383. The van der Waals surface area contributed by atoms with Gasteiger partial charge >= 0.3 is 12.1 Å². The zero-order chi connectivity index (χ0) is 24.2. The van der Waals surface area contributed by atoms with Gasteiger partial charge in [-0.15, -0.1) is 0 Å². The van der Waals surface area contributed by atoms with E-state index in [2.05, 4.69) is 9.97 Å². The Kier molecular flexibility index (Phi) is 6.85. The van der Waals surface area contributed by atoms with Crippen molar-refractivity contribution in [3.63, 3.8) is 0 Å². The molecular weight excluding hydrogens is 445 g/mol. The molecule has 0 bridgehead atoms. The van der Waals surface area contributed by atoms with Gasteiger partial charge in [-0.25, -0.2) is 9.78 Å². The summed E-state index contributed by atoms with van der Waals surface area (Å²) in [6.07, 6.45) is -5.08. The van der Waals surface area contributed by atoms with Gasteiger partial charge in [0.15, 0.2) is 5.82 Å². The first kappa shape index (κ1) is 23.6. The average Bonchev–Trinajstić information content (AvgIpc) is 2.79. The number of piperazine rings is 1. The molecule has 4 rings (SSSR count). The summed E-state index contributed by atoms with van der Waals surface area (Å²) in [5, 5.41) is 17.6. The van der Waals surface area contributed by atoms with E-state index in [0.29, 0.717) is 37.1 Å². The van der Waals surface area contributed by atoms with Gasteiger partial charge in [0.25, 0.3) is 11.5 Å². The van der Waals surface area contributed by atoms with Crippen molar-refractivity contribution in [1.29, 1.82) is 0 Å². The van der Waals surface area contributed by atoms with E-state index in [1.807, 2.05) is 17.0 Å². The number of carboxylic acid groups (broad SMARTS) is 1. The molecule has 2 heterocycles. The fourth-order valence-corrected chi connectivity index (χ4v) is 3.22. The number of alkyl halides is 3. The highest BCUT2D eigenvalue weighted by molar-refractivity contribution is 5.92. The van der Waals surface area contributed by atoms with Crippen molar-refractivity contribution in [2.24, 2.45) is 0 Å². The molecule has 0 saturated carbocycles. The number of fused-ring (bicyclic) bond motifs is 1. The Hall–Kier alpha value is -4.09. The number of amides is 1. The van der Waals surface area contributed by atoms with Crippen LogP contribution >= 0.6 is 0 Å². The Morgan fingerprint density at radius 1 is 0.970 bits per heavy atom. The number of carboxylic acids is 1. The molecule has 3 aromatic rings. The Labute approximate surface area is 184 Å². The van der Waals surface area contributed by atoms with Crippen molar-refractivity contribution in [2.45, 2.75) is 6.18 Å². The maximum Gasteiger partial charge on any atom is 0.490 e. The normalized spacial score (nSPS) is 13.9. The summed E-state index contributed by atoms with van der Waals surface area (Å²) in [4.78, 5) is 44.4. The monoisotopic (exact) mass is 464 g/mol. The number of carbonyl (C=O) groups is 2. The molecule has 2 aromatic carbocycles. The lowest BCUT2D eigenvalue weighted by Gasteiger charge is -2.36. The summed E-state index contributed by atoms with van der Waals surface area (Å²) in [6.45, 7) is 2.18. The summed E-state index contributed by atoms with van der Waals surface area (Å²) in [5.74, 6) is -2.75. The van der Waals surface area contributed by atoms with Crippen LogP contribution in [0.3, 0.4) is 0 Å². The predicted octanol–water partition coefficient (Wildman–Crippen LogP) is 2.22. The second-order valence-corrected chi connectivity index (χ2v) is 7.00.